The first-order valence-corrected chi connectivity index (χ1v) is 4.09. The van der Waals surface area contributed by atoms with E-state index in [2.05, 4.69) is 21.9 Å². The van der Waals surface area contributed by atoms with Crippen molar-refractivity contribution in [3.8, 4) is 0 Å². The monoisotopic (exact) mass is 209 g/mol. The van der Waals surface area contributed by atoms with Gasteiger partial charge in [0.15, 0.2) is 5.96 Å². The zero-order valence-electron chi connectivity index (χ0n) is 7.83. The molecular weight excluding hydrogens is 198 g/mol. The second-order valence-electron chi connectivity index (χ2n) is 2.80. The fourth-order valence-corrected chi connectivity index (χ4v) is 1.08. The smallest absolute Gasteiger partial charge is 0.325 e. The zero-order valence-corrected chi connectivity index (χ0v) is 7.83. The van der Waals surface area contributed by atoms with Crippen molar-refractivity contribution in [1.82, 2.24) is 15.3 Å². The van der Waals surface area contributed by atoms with Gasteiger partial charge in [0.25, 0.3) is 5.56 Å². The Balaban J connectivity index is 3.12. The third kappa shape index (κ3) is 2.56. The minimum absolute atomic E-state index is 0.236. The van der Waals surface area contributed by atoms with Gasteiger partial charge in [0.05, 0.1) is 11.6 Å². The highest BCUT2D eigenvalue weighted by Gasteiger charge is 2.11. The van der Waals surface area contributed by atoms with Gasteiger partial charge in [-0.1, -0.05) is 6.08 Å². The average Bonchev–Trinajstić information content (AvgIpc) is 2.14. The van der Waals surface area contributed by atoms with Crippen LogP contribution in [0, 0.1) is 5.41 Å². The molecule has 0 spiro atoms. The highest BCUT2D eigenvalue weighted by Crippen LogP contribution is 2.05. The predicted octanol–water partition coefficient (Wildman–Crippen LogP) is -1.23. The van der Waals surface area contributed by atoms with Crippen LogP contribution >= 0.6 is 0 Å². The van der Waals surface area contributed by atoms with E-state index in [1.165, 1.54) is 12.3 Å². The van der Waals surface area contributed by atoms with Crippen LogP contribution in [0.5, 0.6) is 0 Å². The molecule has 6 N–H and O–H groups in total. The average molecular weight is 209 g/mol. The fourth-order valence-electron chi connectivity index (χ4n) is 1.08. The van der Waals surface area contributed by atoms with Crippen LogP contribution in [0.3, 0.4) is 0 Å². The van der Waals surface area contributed by atoms with Gasteiger partial charge < -0.3 is 16.0 Å². The van der Waals surface area contributed by atoms with Crippen molar-refractivity contribution in [2.45, 2.75) is 6.04 Å². The van der Waals surface area contributed by atoms with Crippen LogP contribution in [-0.2, 0) is 0 Å². The molecule has 0 aliphatic rings. The van der Waals surface area contributed by atoms with E-state index in [-0.39, 0.29) is 11.5 Å². The Bertz CT molecular complexity index is 486. The molecule has 0 saturated heterocycles. The third-order valence-electron chi connectivity index (χ3n) is 1.73. The van der Waals surface area contributed by atoms with Crippen molar-refractivity contribution in [1.29, 1.82) is 5.41 Å². The van der Waals surface area contributed by atoms with Crippen molar-refractivity contribution in [2.75, 3.05) is 0 Å². The van der Waals surface area contributed by atoms with Crippen molar-refractivity contribution in [3.05, 3.63) is 45.3 Å². The van der Waals surface area contributed by atoms with E-state index in [0.29, 0.717) is 0 Å². The molecule has 0 aliphatic heterocycles. The first-order chi connectivity index (χ1) is 7.04. The maximum Gasteiger partial charge on any atom is 0.325 e. The number of hydrogen-bond acceptors (Lipinski definition) is 3. The Morgan fingerprint density at radius 1 is 1.67 bits per heavy atom. The van der Waals surface area contributed by atoms with E-state index < -0.39 is 17.3 Å². The number of hydrogen-bond donors (Lipinski definition) is 5. The van der Waals surface area contributed by atoms with E-state index in [9.17, 15) is 9.59 Å². The number of aromatic nitrogens is 2. The lowest BCUT2D eigenvalue weighted by Gasteiger charge is -2.12. The topological polar surface area (TPSA) is 128 Å². The molecular formula is C8H11N5O2. The largest absolute Gasteiger partial charge is 0.370 e. The SMILES string of the molecule is C=CC(NC(=N)N)c1c[nH]c(=O)[nH]c1=O. The maximum atomic E-state index is 11.3. The van der Waals surface area contributed by atoms with Gasteiger partial charge in [-0.3, -0.25) is 15.2 Å². The van der Waals surface area contributed by atoms with Gasteiger partial charge in [0.2, 0.25) is 0 Å². The lowest BCUT2D eigenvalue weighted by Crippen LogP contribution is -2.37. The fraction of sp³-hybridized carbons (Fsp3) is 0.125. The highest BCUT2D eigenvalue weighted by molar-refractivity contribution is 5.75. The van der Waals surface area contributed by atoms with Crippen LogP contribution in [0.15, 0.2) is 28.4 Å². The van der Waals surface area contributed by atoms with Gasteiger partial charge in [-0.25, -0.2) is 4.79 Å². The quantitative estimate of drug-likeness (QED) is 0.242. The summed E-state index contributed by atoms with van der Waals surface area (Å²) in [6, 6.07) is -0.608. The Kier molecular flexibility index (Phi) is 3.06. The Labute approximate surface area is 84.5 Å². The number of H-pyrrole nitrogens is 2. The molecule has 1 rings (SSSR count). The molecule has 0 aliphatic carbocycles. The third-order valence-corrected chi connectivity index (χ3v) is 1.73. The molecule has 80 valence electrons. The number of rotatable bonds is 3. The van der Waals surface area contributed by atoms with Gasteiger partial charge in [0, 0.05) is 6.20 Å². The predicted molar refractivity (Wildman–Crippen MR) is 55.7 cm³/mol. The van der Waals surface area contributed by atoms with E-state index in [4.69, 9.17) is 11.1 Å². The molecule has 0 amide bonds. The molecule has 1 aromatic rings. The van der Waals surface area contributed by atoms with Gasteiger partial charge in [-0.05, 0) is 0 Å². The van der Waals surface area contributed by atoms with E-state index in [1.54, 1.807) is 0 Å². The van der Waals surface area contributed by atoms with Crippen molar-refractivity contribution < 1.29 is 0 Å². The summed E-state index contributed by atoms with van der Waals surface area (Å²) in [5.41, 5.74) is 4.23. The lowest BCUT2D eigenvalue weighted by molar-refractivity contribution is 0.756. The summed E-state index contributed by atoms with van der Waals surface area (Å²) in [5.74, 6) is -0.287. The lowest BCUT2D eigenvalue weighted by atomic mass is 10.1. The Hall–Kier alpha value is -2.31. The molecule has 0 bridgehead atoms. The summed E-state index contributed by atoms with van der Waals surface area (Å²) in [6.45, 7) is 3.49. The minimum atomic E-state index is -0.608. The number of aromatic amines is 2. The summed E-state index contributed by atoms with van der Waals surface area (Å²) < 4.78 is 0. The first kappa shape index (κ1) is 10.8. The zero-order chi connectivity index (χ0) is 11.4. The molecule has 0 radical (unpaired) electrons. The van der Waals surface area contributed by atoms with Gasteiger partial charge in [0.1, 0.15) is 0 Å². The summed E-state index contributed by atoms with van der Waals surface area (Å²) in [7, 11) is 0. The van der Waals surface area contributed by atoms with Crippen LogP contribution in [0.25, 0.3) is 0 Å². The van der Waals surface area contributed by atoms with Crippen LogP contribution < -0.4 is 22.3 Å². The van der Waals surface area contributed by atoms with Gasteiger partial charge in [-0.15, -0.1) is 6.58 Å². The molecule has 7 heteroatoms. The molecule has 1 unspecified atom stereocenters. The van der Waals surface area contributed by atoms with E-state index in [1.807, 2.05) is 0 Å². The minimum Gasteiger partial charge on any atom is -0.370 e. The van der Waals surface area contributed by atoms with Gasteiger partial charge >= 0.3 is 5.69 Å². The molecule has 15 heavy (non-hydrogen) atoms. The van der Waals surface area contributed by atoms with E-state index >= 15 is 0 Å². The molecule has 1 atom stereocenters. The summed E-state index contributed by atoms with van der Waals surface area (Å²) in [5, 5.41) is 9.53. The highest BCUT2D eigenvalue weighted by atomic mass is 16.2. The number of nitrogens with two attached hydrogens (primary N) is 1. The normalized spacial score (nSPS) is 11.7. The summed E-state index contributed by atoms with van der Waals surface area (Å²) in [4.78, 5) is 26.5. The summed E-state index contributed by atoms with van der Waals surface area (Å²) in [6.07, 6.45) is 2.66. The Morgan fingerprint density at radius 3 is 2.80 bits per heavy atom. The summed E-state index contributed by atoms with van der Waals surface area (Å²) >= 11 is 0. The number of guanidine groups is 1. The molecule has 1 aromatic heterocycles. The maximum absolute atomic E-state index is 11.3. The van der Waals surface area contributed by atoms with Crippen molar-refractivity contribution in [2.24, 2.45) is 5.73 Å². The molecule has 0 saturated carbocycles. The molecule has 0 aromatic carbocycles. The number of nitrogens with one attached hydrogen (secondary N) is 4. The molecule has 0 fully saturated rings. The second-order valence-corrected chi connectivity index (χ2v) is 2.80. The van der Waals surface area contributed by atoms with E-state index in [0.717, 1.165) is 0 Å². The van der Waals surface area contributed by atoms with Crippen LogP contribution in [0.1, 0.15) is 11.6 Å². The second kappa shape index (κ2) is 4.27. The van der Waals surface area contributed by atoms with Crippen molar-refractivity contribution in [3.63, 3.8) is 0 Å². The van der Waals surface area contributed by atoms with Crippen molar-refractivity contribution >= 4 is 5.96 Å². The molecule has 1 heterocycles. The van der Waals surface area contributed by atoms with Gasteiger partial charge in [-0.2, -0.15) is 0 Å². The standard InChI is InChI=1S/C8H11N5O2/c1-2-5(12-7(9)10)4-3-11-8(15)13-6(4)14/h2-3,5H,1H2,(H4,9,10,12)(H2,11,13,14,15). The Morgan fingerprint density at radius 2 is 2.33 bits per heavy atom. The van der Waals surface area contributed by atoms with Crippen LogP contribution in [0.2, 0.25) is 0 Å². The first-order valence-electron chi connectivity index (χ1n) is 4.09. The van der Waals surface area contributed by atoms with Crippen LogP contribution in [-0.4, -0.2) is 15.9 Å². The van der Waals surface area contributed by atoms with Crippen LogP contribution in [0.4, 0.5) is 0 Å². The molecule has 7 nitrogen and oxygen atoms in total.